The lowest BCUT2D eigenvalue weighted by molar-refractivity contribution is -0.194. The largest absolute Gasteiger partial charge is 0.489 e. The molecule has 1 fully saturated rings. The van der Waals surface area contributed by atoms with E-state index in [2.05, 4.69) is 6.07 Å². The Kier molecular flexibility index (Phi) is 4.19. The molecule has 0 saturated carbocycles. The van der Waals surface area contributed by atoms with Gasteiger partial charge in [0.2, 0.25) is 11.7 Å². The van der Waals surface area contributed by atoms with Gasteiger partial charge in [-0.3, -0.25) is 0 Å². The number of nitriles is 1. The first-order valence-corrected chi connectivity index (χ1v) is 9.76. The minimum absolute atomic E-state index is 0.0548. The molecule has 5 rings (SSSR count). The van der Waals surface area contributed by atoms with E-state index in [0.29, 0.717) is 30.5 Å². The molecular formula is C22H22N4O3. The third-order valence-corrected chi connectivity index (χ3v) is 5.88. The lowest BCUT2D eigenvalue weighted by Crippen LogP contribution is -2.42. The average Bonchev–Trinajstić information content (AvgIpc) is 3.37. The summed E-state index contributed by atoms with van der Waals surface area (Å²) in [5.74, 6) is 1.40. The number of aliphatic imine (C=N–C) groups is 1. The fourth-order valence-electron chi connectivity index (χ4n) is 4.32. The lowest BCUT2D eigenvalue weighted by atomic mass is 9.85. The van der Waals surface area contributed by atoms with Gasteiger partial charge < -0.3 is 15.2 Å². The average molecular weight is 390 g/mol. The van der Waals surface area contributed by atoms with E-state index in [4.69, 9.17) is 25.0 Å². The van der Waals surface area contributed by atoms with Crippen LogP contribution in [0.3, 0.4) is 0 Å². The lowest BCUT2D eigenvalue weighted by Gasteiger charge is -2.39. The van der Waals surface area contributed by atoms with E-state index < -0.39 is 5.72 Å². The number of nitrogens with zero attached hydrogens (tertiary/aromatic N) is 3. The van der Waals surface area contributed by atoms with Crippen LogP contribution in [0.5, 0.6) is 5.75 Å². The fraction of sp³-hybridized carbons (Fsp3) is 0.364. The molecule has 0 aliphatic carbocycles. The van der Waals surface area contributed by atoms with Crippen molar-refractivity contribution < 1.29 is 14.3 Å². The minimum atomic E-state index is -0.914. The summed E-state index contributed by atoms with van der Waals surface area (Å²) in [5.41, 5.74) is 8.55. The van der Waals surface area contributed by atoms with Gasteiger partial charge in [-0.15, -0.1) is 0 Å². The highest BCUT2D eigenvalue weighted by molar-refractivity contribution is 5.79. The maximum atomic E-state index is 9.22. The molecule has 3 aliphatic heterocycles. The molecule has 2 N–H and O–H groups in total. The first-order chi connectivity index (χ1) is 14.1. The van der Waals surface area contributed by atoms with E-state index in [9.17, 15) is 5.26 Å². The number of benzene rings is 2. The van der Waals surface area contributed by atoms with Crippen molar-refractivity contribution in [2.45, 2.75) is 24.7 Å². The number of rotatable bonds is 2. The zero-order valence-electron chi connectivity index (χ0n) is 16.2. The van der Waals surface area contributed by atoms with Crippen LogP contribution in [-0.2, 0) is 15.3 Å². The zero-order valence-corrected chi connectivity index (χ0v) is 16.2. The predicted octanol–water partition coefficient (Wildman–Crippen LogP) is 2.76. The maximum Gasteiger partial charge on any atom is 0.221 e. The van der Waals surface area contributed by atoms with E-state index in [0.717, 1.165) is 35.5 Å². The first kappa shape index (κ1) is 18.0. The third-order valence-electron chi connectivity index (χ3n) is 5.88. The Morgan fingerprint density at radius 3 is 2.83 bits per heavy atom. The number of fused-ring (bicyclic) bond motifs is 2. The molecule has 0 amide bonds. The summed E-state index contributed by atoms with van der Waals surface area (Å²) in [6, 6.07) is 15.7. The van der Waals surface area contributed by atoms with Crippen LogP contribution < -0.4 is 10.5 Å². The second kappa shape index (κ2) is 6.76. The van der Waals surface area contributed by atoms with Crippen LogP contribution >= 0.6 is 0 Å². The van der Waals surface area contributed by atoms with Gasteiger partial charge in [0.1, 0.15) is 11.9 Å². The molecule has 0 bridgehead atoms. The van der Waals surface area contributed by atoms with Gasteiger partial charge in [0, 0.05) is 26.0 Å². The third kappa shape index (κ3) is 3.01. The summed E-state index contributed by atoms with van der Waals surface area (Å²) in [4.78, 5) is 10.9. The van der Waals surface area contributed by atoms with Gasteiger partial charge in [-0.05, 0) is 41.8 Å². The molecule has 2 aromatic rings. The van der Waals surface area contributed by atoms with E-state index in [1.807, 2.05) is 36.4 Å². The Bertz CT molecular complexity index is 1020. The van der Waals surface area contributed by atoms with Crippen molar-refractivity contribution in [2.75, 3.05) is 20.3 Å². The monoisotopic (exact) mass is 390 g/mol. The van der Waals surface area contributed by atoms with E-state index >= 15 is 0 Å². The molecule has 29 heavy (non-hydrogen) atoms. The normalized spacial score (nSPS) is 28.0. The Hall–Kier alpha value is -3.08. The molecule has 0 radical (unpaired) electrons. The molecule has 1 spiro atoms. The molecule has 7 nitrogen and oxygen atoms in total. The minimum Gasteiger partial charge on any atom is -0.489 e. The van der Waals surface area contributed by atoms with Crippen LogP contribution in [0.1, 0.15) is 24.0 Å². The Morgan fingerprint density at radius 2 is 2.10 bits per heavy atom. The van der Waals surface area contributed by atoms with E-state index in [1.165, 1.54) is 5.06 Å². The molecule has 7 heteroatoms. The Balaban J connectivity index is 1.60. The molecule has 3 aliphatic rings. The van der Waals surface area contributed by atoms with Crippen molar-refractivity contribution >= 4 is 5.96 Å². The number of ether oxygens (including phenoxy) is 2. The van der Waals surface area contributed by atoms with Crippen LogP contribution in [0.2, 0.25) is 0 Å². The van der Waals surface area contributed by atoms with Crippen molar-refractivity contribution in [1.29, 1.82) is 5.26 Å². The van der Waals surface area contributed by atoms with Crippen LogP contribution in [0, 0.1) is 17.2 Å². The summed E-state index contributed by atoms with van der Waals surface area (Å²) < 4.78 is 11.9. The van der Waals surface area contributed by atoms with Crippen LogP contribution in [-0.4, -0.2) is 37.4 Å². The summed E-state index contributed by atoms with van der Waals surface area (Å²) in [7, 11) is 1.76. The smallest absolute Gasteiger partial charge is 0.221 e. The second-order valence-corrected chi connectivity index (χ2v) is 7.73. The van der Waals surface area contributed by atoms with Gasteiger partial charge in [-0.1, -0.05) is 18.2 Å². The summed E-state index contributed by atoms with van der Waals surface area (Å²) in [5, 5.41) is 10.7. The number of nitrogens with two attached hydrogens (primary N) is 1. The molecule has 3 atom stereocenters. The van der Waals surface area contributed by atoms with Crippen LogP contribution in [0.25, 0.3) is 11.1 Å². The van der Waals surface area contributed by atoms with Gasteiger partial charge in [-0.25, -0.2) is 14.9 Å². The predicted molar refractivity (Wildman–Crippen MR) is 107 cm³/mol. The SMILES string of the molecule is CN1OC2(CC(C3CCOC3)Oc3ccc(-c4cccc(C#N)c4)cc32)N=C1N. The van der Waals surface area contributed by atoms with Crippen molar-refractivity contribution in [2.24, 2.45) is 16.6 Å². The quantitative estimate of drug-likeness (QED) is 0.848. The van der Waals surface area contributed by atoms with Gasteiger partial charge in [-0.2, -0.15) is 5.26 Å². The molecule has 3 unspecified atom stereocenters. The first-order valence-electron chi connectivity index (χ1n) is 9.76. The number of hydrogen-bond donors (Lipinski definition) is 1. The molecular weight excluding hydrogens is 368 g/mol. The van der Waals surface area contributed by atoms with Crippen molar-refractivity contribution in [1.82, 2.24) is 5.06 Å². The number of hydroxylamine groups is 2. The van der Waals surface area contributed by atoms with Crippen molar-refractivity contribution in [3.63, 3.8) is 0 Å². The Labute approximate surface area is 169 Å². The standard InChI is InChI=1S/C22H22N4O3/c1-26-21(24)25-22(29-26)11-20(17-7-8-27-13-17)28-19-6-5-16(10-18(19)22)15-4-2-3-14(9-15)12-23/h2-6,9-10,17,20H,7-8,11,13H2,1H3,(H2,24,25). The number of hydrogen-bond acceptors (Lipinski definition) is 7. The topological polar surface area (TPSA) is 93.1 Å². The van der Waals surface area contributed by atoms with Gasteiger partial charge in [0.05, 0.1) is 23.8 Å². The highest BCUT2D eigenvalue weighted by atomic mass is 16.7. The van der Waals surface area contributed by atoms with E-state index in [-0.39, 0.29) is 6.10 Å². The fourth-order valence-corrected chi connectivity index (χ4v) is 4.32. The molecule has 3 heterocycles. The summed E-state index contributed by atoms with van der Waals surface area (Å²) >= 11 is 0. The summed E-state index contributed by atoms with van der Waals surface area (Å²) in [6.45, 7) is 1.44. The molecule has 1 saturated heterocycles. The van der Waals surface area contributed by atoms with E-state index in [1.54, 1.807) is 13.1 Å². The van der Waals surface area contributed by atoms with Crippen molar-refractivity contribution in [3.05, 3.63) is 53.6 Å². The second-order valence-electron chi connectivity index (χ2n) is 7.73. The van der Waals surface area contributed by atoms with Crippen LogP contribution in [0.15, 0.2) is 47.5 Å². The van der Waals surface area contributed by atoms with Crippen molar-refractivity contribution in [3.8, 4) is 22.9 Å². The van der Waals surface area contributed by atoms with Gasteiger partial charge >= 0.3 is 0 Å². The van der Waals surface area contributed by atoms with Crippen LogP contribution in [0.4, 0.5) is 0 Å². The summed E-state index contributed by atoms with van der Waals surface area (Å²) in [6.07, 6.45) is 1.48. The highest BCUT2D eigenvalue weighted by Gasteiger charge is 2.50. The van der Waals surface area contributed by atoms with Gasteiger partial charge in [0.25, 0.3) is 0 Å². The molecule has 148 valence electrons. The highest BCUT2D eigenvalue weighted by Crippen LogP contribution is 2.48. The maximum absolute atomic E-state index is 9.22. The van der Waals surface area contributed by atoms with Gasteiger partial charge in [0.15, 0.2) is 0 Å². The number of guanidine groups is 1. The zero-order chi connectivity index (χ0) is 20.0. The molecule has 0 aromatic heterocycles. The Morgan fingerprint density at radius 1 is 1.24 bits per heavy atom. The molecule has 2 aromatic carbocycles.